The van der Waals surface area contributed by atoms with E-state index in [1.807, 2.05) is 4.90 Å². The van der Waals surface area contributed by atoms with Gasteiger partial charge in [-0.1, -0.05) is 12.8 Å². The normalized spacial score (nSPS) is 19.4. The minimum Gasteiger partial charge on any atom is -0.314 e. The summed E-state index contributed by atoms with van der Waals surface area (Å²) in [6.07, 6.45) is 2.31. The van der Waals surface area contributed by atoms with Gasteiger partial charge in [0.15, 0.2) is 23.3 Å². The Kier molecular flexibility index (Phi) is 7.72. The molecule has 1 aromatic rings. The summed E-state index contributed by atoms with van der Waals surface area (Å²) >= 11 is 0. The molecule has 1 aromatic carbocycles. The first-order valence-corrected chi connectivity index (χ1v) is 7.46. The zero-order valence-corrected chi connectivity index (χ0v) is 14.4. The molecule has 0 spiro atoms. The second-order valence-electron chi connectivity index (χ2n) is 5.96. The van der Waals surface area contributed by atoms with Crippen LogP contribution in [-0.2, 0) is 0 Å². The van der Waals surface area contributed by atoms with Crippen LogP contribution in [0.1, 0.15) is 30.9 Å². The zero-order valence-electron chi connectivity index (χ0n) is 12.8. The largest absolute Gasteiger partial charge is 0.314 e. The summed E-state index contributed by atoms with van der Waals surface area (Å²) in [5, 5.41) is 3.11. The summed E-state index contributed by atoms with van der Waals surface area (Å²) in [6, 6.07) is -0.765. The van der Waals surface area contributed by atoms with E-state index < -0.39 is 40.7 Å². The van der Waals surface area contributed by atoms with Gasteiger partial charge in [-0.2, -0.15) is 0 Å². The maximum atomic E-state index is 14.1. The molecule has 1 N–H and O–H groups in total. The highest BCUT2D eigenvalue weighted by Crippen LogP contribution is 2.42. The monoisotopic (exact) mass is 392 g/mol. The van der Waals surface area contributed by atoms with Crippen molar-refractivity contribution in [1.82, 2.24) is 10.2 Å². The van der Waals surface area contributed by atoms with E-state index in [9.17, 15) is 22.0 Å². The summed E-state index contributed by atoms with van der Waals surface area (Å²) in [7, 11) is 0. The van der Waals surface area contributed by atoms with E-state index in [-0.39, 0.29) is 24.8 Å². The molecule has 9 heteroatoms. The van der Waals surface area contributed by atoms with E-state index in [1.165, 1.54) is 0 Å². The van der Waals surface area contributed by atoms with Crippen molar-refractivity contribution in [2.75, 3.05) is 26.2 Å². The maximum absolute atomic E-state index is 14.1. The molecule has 138 valence electrons. The molecule has 24 heavy (non-hydrogen) atoms. The third kappa shape index (κ3) is 4.12. The minimum absolute atomic E-state index is 0. The van der Waals surface area contributed by atoms with Crippen LogP contribution in [0.25, 0.3) is 0 Å². The van der Waals surface area contributed by atoms with E-state index in [2.05, 4.69) is 5.32 Å². The van der Waals surface area contributed by atoms with Crippen LogP contribution in [0.15, 0.2) is 0 Å². The lowest BCUT2D eigenvalue weighted by molar-refractivity contribution is 0.151. The Morgan fingerprint density at radius 2 is 1.29 bits per heavy atom. The molecule has 0 bridgehead atoms. The number of benzene rings is 1. The first kappa shape index (κ1) is 21.4. The summed E-state index contributed by atoms with van der Waals surface area (Å²) in [6.45, 7) is 2.32. The Morgan fingerprint density at radius 1 is 0.833 bits per heavy atom. The quantitative estimate of drug-likeness (QED) is 0.473. The fraction of sp³-hybridized carbons (Fsp3) is 0.600. The van der Waals surface area contributed by atoms with Gasteiger partial charge < -0.3 is 5.32 Å². The number of nitrogens with zero attached hydrogens (tertiary/aromatic N) is 1. The highest BCUT2D eigenvalue weighted by Gasteiger charge is 2.37. The number of rotatable bonds is 4. The lowest BCUT2D eigenvalue weighted by Gasteiger charge is -2.35. The van der Waals surface area contributed by atoms with E-state index in [1.54, 1.807) is 0 Å². The first-order chi connectivity index (χ1) is 10.5. The van der Waals surface area contributed by atoms with Gasteiger partial charge in [0.25, 0.3) is 0 Å². The van der Waals surface area contributed by atoms with Crippen LogP contribution < -0.4 is 5.32 Å². The van der Waals surface area contributed by atoms with Gasteiger partial charge in [-0.3, -0.25) is 4.90 Å². The molecule has 0 amide bonds. The number of piperazine rings is 1. The van der Waals surface area contributed by atoms with Crippen LogP contribution >= 0.6 is 24.8 Å². The first-order valence-electron chi connectivity index (χ1n) is 7.46. The van der Waals surface area contributed by atoms with Gasteiger partial charge in [-0.25, -0.2) is 22.0 Å². The lowest BCUT2D eigenvalue weighted by atomic mass is 9.97. The van der Waals surface area contributed by atoms with Crippen LogP contribution in [0.4, 0.5) is 22.0 Å². The average molecular weight is 393 g/mol. The molecule has 1 atom stereocenters. The summed E-state index contributed by atoms with van der Waals surface area (Å²) < 4.78 is 68.4. The molecule has 2 nitrogen and oxygen atoms in total. The average Bonchev–Trinajstić information content (AvgIpc) is 3.35. The van der Waals surface area contributed by atoms with Crippen molar-refractivity contribution in [2.45, 2.75) is 25.3 Å². The predicted molar refractivity (Wildman–Crippen MR) is 85.3 cm³/mol. The van der Waals surface area contributed by atoms with E-state index in [0.29, 0.717) is 38.5 Å². The standard InChI is InChI=1S/C15H17F5N2.2ClH/c16-11-10(12(17)14(19)15(20)13(11)18)9(7-8-1-2-8)22-5-3-21-4-6-22;;/h8-9,21H,1-7H2;2*1H/t9-;;/m0../s1. The smallest absolute Gasteiger partial charge is 0.200 e. The van der Waals surface area contributed by atoms with Crippen molar-refractivity contribution >= 4 is 24.8 Å². The molecule has 1 aliphatic carbocycles. The van der Waals surface area contributed by atoms with Crippen molar-refractivity contribution in [2.24, 2.45) is 5.92 Å². The number of nitrogens with one attached hydrogen (secondary N) is 1. The molecule has 1 saturated carbocycles. The van der Waals surface area contributed by atoms with Gasteiger partial charge in [-0.05, 0) is 12.3 Å². The van der Waals surface area contributed by atoms with Gasteiger partial charge in [-0.15, -0.1) is 24.8 Å². The van der Waals surface area contributed by atoms with Crippen LogP contribution in [-0.4, -0.2) is 31.1 Å². The van der Waals surface area contributed by atoms with E-state index in [0.717, 1.165) is 12.8 Å². The van der Waals surface area contributed by atoms with Crippen molar-refractivity contribution in [3.63, 3.8) is 0 Å². The molecule has 2 fully saturated rings. The van der Waals surface area contributed by atoms with Gasteiger partial charge >= 0.3 is 0 Å². The van der Waals surface area contributed by atoms with Crippen LogP contribution in [0.5, 0.6) is 0 Å². The molecule has 0 aromatic heterocycles. The van der Waals surface area contributed by atoms with Crippen LogP contribution in [0.3, 0.4) is 0 Å². The maximum Gasteiger partial charge on any atom is 0.200 e. The second kappa shape index (κ2) is 8.65. The number of hydrogen-bond acceptors (Lipinski definition) is 2. The SMILES string of the molecule is Cl.Cl.Fc1c(F)c(F)c([C@H](CC2CC2)N2CCNCC2)c(F)c1F. The molecule has 1 saturated heterocycles. The Balaban J connectivity index is 0.00000144. The van der Waals surface area contributed by atoms with Gasteiger partial charge in [0.1, 0.15) is 0 Å². The second-order valence-corrected chi connectivity index (χ2v) is 5.96. The summed E-state index contributed by atoms with van der Waals surface area (Å²) in [4.78, 5) is 1.81. The van der Waals surface area contributed by atoms with Crippen molar-refractivity contribution < 1.29 is 22.0 Å². The van der Waals surface area contributed by atoms with E-state index >= 15 is 0 Å². The molecule has 2 aliphatic rings. The van der Waals surface area contributed by atoms with Crippen LogP contribution in [0.2, 0.25) is 0 Å². The number of hydrogen-bond donors (Lipinski definition) is 1. The predicted octanol–water partition coefficient (Wildman–Crippen LogP) is 3.97. The van der Waals surface area contributed by atoms with E-state index in [4.69, 9.17) is 0 Å². The van der Waals surface area contributed by atoms with Gasteiger partial charge in [0.2, 0.25) is 5.82 Å². The molecular weight excluding hydrogens is 374 g/mol. The zero-order chi connectivity index (χ0) is 15.9. The van der Waals surface area contributed by atoms with Crippen molar-refractivity contribution in [3.8, 4) is 0 Å². The third-order valence-electron chi connectivity index (χ3n) is 4.42. The van der Waals surface area contributed by atoms with Gasteiger partial charge in [0.05, 0.1) is 0 Å². The lowest BCUT2D eigenvalue weighted by Crippen LogP contribution is -2.45. The Bertz CT molecular complexity index is 548. The summed E-state index contributed by atoms with van der Waals surface area (Å²) in [5.74, 6) is -8.89. The van der Waals surface area contributed by atoms with Crippen molar-refractivity contribution in [3.05, 3.63) is 34.6 Å². The highest BCUT2D eigenvalue weighted by atomic mass is 35.5. The summed E-state index contributed by atoms with van der Waals surface area (Å²) in [5.41, 5.74) is -0.676. The Morgan fingerprint density at radius 3 is 1.75 bits per heavy atom. The molecule has 0 radical (unpaired) electrons. The number of halogens is 7. The van der Waals surface area contributed by atoms with Crippen molar-refractivity contribution in [1.29, 1.82) is 0 Å². The molecule has 1 heterocycles. The molecule has 1 aliphatic heterocycles. The topological polar surface area (TPSA) is 15.3 Å². The molecule has 0 unspecified atom stereocenters. The van der Waals surface area contributed by atoms with Gasteiger partial charge in [0, 0.05) is 37.8 Å². The Hall–Kier alpha value is -0.630. The van der Waals surface area contributed by atoms with Crippen LogP contribution in [0, 0.1) is 35.0 Å². The Labute approximate surface area is 149 Å². The third-order valence-corrected chi connectivity index (χ3v) is 4.42. The molecular formula is C15H19Cl2F5N2. The highest BCUT2D eigenvalue weighted by molar-refractivity contribution is 5.85. The fourth-order valence-corrected chi connectivity index (χ4v) is 3.03. The fourth-order valence-electron chi connectivity index (χ4n) is 3.03. The minimum atomic E-state index is -2.09. The molecule has 3 rings (SSSR count).